The van der Waals surface area contributed by atoms with Gasteiger partial charge in [-0.15, -0.1) is 0 Å². The second kappa shape index (κ2) is 8.51. The molecule has 3 heterocycles. The fourth-order valence-corrected chi connectivity index (χ4v) is 4.88. The van der Waals surface area contributed by atoms with Crippen molar-refractivity contribution in [3.63, 3.8) is 0 Å². The Morgan fingerprint density at radius 3 is 2.68 bits per heavy atom. The normalized spacial score (nSPS) is 22.5. The van der Waals surface area contributed by atoms with E-state index in [-0.39, 0.29) is 17.4 Å². The zero-order valence-corrected chi connectivity index (χ0v) is 17.9. The average Bonchev–Trinajstić information content (AvgIpc) is 2.95. The van der Waals surface area contributed by atoms with Gasteiger partial charge in [-0.25, -0.2) is 13.1 Å². The molecule has 1 N–H and O–H groups in total. The van der Waals surface area contributed by atoms with Gasteiger partial charge in [-0.1, -0.05) is 0 Å². The number of sulfonamides is 1. The van der Waals surface area contributed by atoms with Crippen LogP contribution in [0.1, 0.15) is 43.5 Å². The largest absolute Gasteiger partial charge is 0.375 e. The van der Waals surface area contributed by atoms with Crippen LogP contribution in [-0.2, 0) is 26.1 Å². The van der Waals surface area contributed by atoms with Gasteiger partial charge in [-0.2, -0.15) is 5.10 Å². The average molecular weight is 413 g/mol. The number of carbonyl (C=O) groups excluding carboxylic acids is 1. The Morgan fingerprint density at radius 2 is 2.07 bits per heavy atom. The van der Waals surface area contributed by atoms with E-state index < -0.39 is 10.0 Å². The van der Waals surface area contributed by atoms with E-state index >= 15 is 0 Å². The Morgan fingerprint density at radius 1 is 1.36 bits per heavy atom. The number of hydrogen-bond donors (Lipinski definition) is 1. The molecule has 1 atom stereocenters. The molecule has 1 aromatic rings. The molecular weight excluding hydrogens is 380 g/mol. The lowest BCUT2D eigenvalue weighted by Gasteiger charge is -2.46. The molecule has 2 fully saturated rings. The maximum absolute atomic E-state index is 12.6. The van der Waals surface area contributed by atoms with Crippen molar-refractivity contribution in [3.8, 4) is 0 Å². The maximum Gasteiger partial charge on any atom is 0.224 e. The van der Waals surface area contributed by atoms with E-state index in [4.69, 9.17) is 4.74 Å². The Hall–Kier alpha value is -1.45. The minimum atomic E-state index is -3.17. The minimum Gasteiger partial charge on any atom is -0.375 e. The molecule has 158 valence electrons. The number of carbonyl (C=O) groups is 1. The van der Waals surface area contributed by atoms with Gasteiger partial charge < -0.3 is 9.64 Å². The molecule has 1 unspecified atom stereocenters. The number of aryl methyl sites for hydroxylation is 3. The number of rotatable bonds is 6. The lowest BCUT2D eigenvalue weighted by atomic mass is 9.79. The number of amides is 1. The van der Waals surface area contributed by atoms with Crippen LogP contribution >= 0.6 is 0 Å². The highest BCUT2D eigenvalue weighted by atomic mass is 32.2. The first-order valence-corrected chi connectivity index (χ1v) is 11.9. The molecule has 0 radical (unpaired) electrons. The highest BCUT2D eigenvalue weighted by Gasteiger charge is 2.41. The van der Waals surface area contributed by atoms with Crippen molar-refractivity contribution in [2.24, 2.45) is 5.92 Å². The molecule has 1 amide bonds. The summed E-state index contributed by atoms with van der Waals surface area (Å²) in [4.78, 5) is 14.5. The third-order valence-corrected chi connectivity index (χ3v) is 6.59. The Bertz CT molecular complexity index is 797. The van der Waals surface area contributed by atoms with E-state index in [1.165, 1.54) is 6.26 Å². The van der Waals surface area contributed by atoms with Gasteiger partial charge in [0.2, 0.25) is 15.9 Å². The summed E-state index contributed by atoms with van der Waals surface area (Å²) < 4.78 is 33.3. The molecule has 3 rings (SSSR count). The zero-order valence-electron chi connectivity index (χ0n) is 17.1. The summed E-state index contributed by atoms with van der Waals surface area (Å²) in [5.74, 6) is 0.449. The van der Waals surface area contributed by atoms with E-state index in [9.17, 15) is 13.2 Å². The van der Waals surface area contributed by atoms with Crippen molar-refractivity contribution in [2.75, 3.05) is 32.5 Å². The zero-order chi connectivity index (χ0) is 20.4. The van der Waals surface area contributed by atoms with Crippen LogP contribution in [0.4, 0.5) is 0 Å². The first-order valence-electron chi connectivity index (χ1n) is 10.0. The van der Waals surface area contributed by atoms with Crippen molar-refractivity contribution in [1.29, 1.82) is 0 Å². The SMILES string of the molecule is Cc1cc(C)n(CCC(=O)N2CCC3(CC2)CC(CNS(C)(=O)=O)CCO3)n1. The van der Waals surface area contributed by atoms with Gasteiger partial charge in [0, 0.05) is 44.9 Å². The van der Waals surface area contributed by atoms with Crippen LogP contribution in [0.5, 0.6) is 0 Å². The third kappa shape index (κ3) is 5.55. The monoisotopic (exact) mass is 412 g/mol. The van der Waals surface area contributed by atoms with Crippen LogP contribution in [-0.4, -0.2) is 67.1 Å². The van der Waals surface area contributed by atoms with E-state index in [2.05, 4.69) is 9.82 Å². The van der Waals surface area contributed by atoms with Crippen LogP contribution in [0.3, 0.4) is 0 Å². The number of nitrogens with one attached hydrogen (secondary N) is 1. The molecule has 8 nitrogen and oxygen atoms in total. The van der Waals surface area contributed by atoms with E-state index in [1.807, 2.05) is 29.5 Å². The second-order valence-corrected chi connectivity index (χ2v) is 10.1. The highest BCUT2D eigenvalue weighted by Crippen LogP contribution is 2.37. The van der Waals surface area contributed by atoms with Crippen molar-refractivity contribution in [2.45, 2.75) is 58.1 Å². The van der Waals surface area contributed by atoms with Gasteiger partial charge >= 0.3 is 0 Å². The standard InChI is InChI=1S/C19H32N4O4S/c1-15-12-16(2)23(21-15)8-4-18(24)22-9-6-19(7-10-22)13-17(5-11-27-19)14-20-28(3,25)26/h12,17,20H,4-11,13-14H2,1-3H3. The first-order chi connectivity index (χ1) is 13.2. The summed E-state index contributed by atoms with van der Waals surface area (Å²) in [6, 6.07) is 2.02. The fraction of sp³-hybridized carbons (Fsp3) is 0.789. The lowest BCUT2D eigenvalue weighted by Crippen LogP contribution is -2.51. The summed E-state index contributed by atoms with van der Waals surface area (Å²) in [6.45, 7) is 7.08. The molecule has 2 aliphatic rings. The fourth-order valence-electron chi connectivity index (χ4n) is 4.35. The molecule has 9 heteroatoms. The lowest BCUT2D eigenvalue weighted by molar-refractivity contribution is -0.147. The van der Waals surface area contributed by atoms with Crippen LogP contribution in [0.2, 0.25) is 0 Å². The third-order valence-electron chi connectivity index (χ3n) is 5.90. The molecule has 1 spiro atoms. The van der Waals surface area contributed by atoms with E-state index in [0.717, 1.165) is 37.1 Å². The van der Waals surface area contributed by atoms with Crippen LogP contribution in [0, 0.1) is 19.8 Å². The molecule has 0 aromatic carbocycles. The van der Waals surface area contributed by atoms with Gasteiger partial charge in [-0.3, -0.25) is 9.48 Å². The summed E-state index contributed by atoms with van der Waals surface area (Å²) in [5.41, 5.74) is 1.83. The Labute approximate surface area is 167 Å². The first kappa shape index (κ1) is 21.3. The topological polar surface area (TPSA) is 93.5 Å². The summed E-state index contributed by atoms with van der Waals surface area (Å²) >= 11 is 0. The highest BCUT2D eigenvalue weighted by molar-refractivity contribution is 7.88. The molecule has 2 saturated heterocycles. The molecule has 1 aromatic heterocycles. The number of piperidine rings is 1. The molecule has 0 aliphatic carbocycles. The van der Waals surface area contributed by atoms with Gasteiger partial charge in [0.15, 0.2) is 0 Å². The Kier molecular flexibility index (Phi) is 6.46. The quantitative estimate of drug-likeness (QED) is 0.758. The van der Waals surface area contributed by atoms with Crippen LogP contribution < -0.4 is 4.72 Å². The van der Waals surface area contributed by atoms with Gasteiger partial charge in [0.25, 0.3) is 0 Å². The predicted octanol–water partition coefficient (Wildman–Crippen LogP) is 1.23. The second-order valence-electron chi connectivity index (χ2n) is 8.29. The Balaban J connectivity index is 1.47. The van der Waals surface area contributed by atoms with Crippen LogP contribution in [0.25, 0.3) is 0 Å². The summed E-state index contributed by atoms with van der Waals surface area (Å²) in [7, 11) is -3.17. The van der Waals surface area contributed by atoms with Crippen molar-refractivity contribution in [1.82, 2.24) is 19.4 Å². The van der Waals surface area contributed by atoms with E-state index in [0.29, 0.717) is 39.2 Å². The minimum absolute atomic E-state index is 0.161. The smallest absolute Gasteiger partial charge is 0.224 e. The number of ether oxygens (including phenoxy) is 1. The molecule has 28 heavy (non-hydrogen) atoms. The molecular formula is C19H32N4O4S. The number of nitrogens with zero attached hydrogens (tertiary/aromatic N) is 3. The molecule has 2 aliphatic heterocycles. The van der Waals surface area contributed by atoms with Gasteiger partial charge in [0.05, 0.1) is 17.6 Å². The number of hydrogen-bond acceptors (Lipinski definition) is 5. The van der Waals surface area contributed by atoms with Crippen molar-refractivity contribution in [3.05, 3.63) is 17.5 Å². The number of aromatic nitrogens is 2. The van der Waals surface area contributed by atoms with E-state index in [1.54, 1.807) is 0 Å². The summed E-state index contributed by atoms with van der Waals surface area (Å²) in [5, 5.41) is 4.42. The van der Waals surface area contributed by atoms with Gasteiger partial charge in [0.1, 0.15) is 0 Å². The summed E-state index contributed by atoms with van der Waals surface area (Å²) in [6.07, 6.45) is 5.00. The van der Waals surface area contributed by atoms with Crippen LogP contribution in [0.15, 0.2) is 6.07 Å². The number of likely N-dealkylation sites (tertiary alicyclic amines) is 1. The van der Waals surface area contributed by atoms with Gasteiger partial charge in [-0.05, 0) is 51.5 Å². The molecule has 0 saturated carbocycles. The van der Waals surface area contributed by atoms with Crippen molar-refractivity contribution >= 4 is 15.9 Å². The van der Waals surface area contributed by atoms with Crippen molar-refractivity contribution < 1.29 is 17.9 Å². The maximum atomic E-state index is 12.6. The predicted molar refractivity (Wildman–Crippen MR) is 106 cm³/mol. The molecule has 0 bridgehead atoms.